The van der Waals surface area contributed by atoms with Crippen molar-refractivity contribution in [1.29, 1.82) is 0 Å². The van der Waals surface area contributed by atoms with E-state index in [1.165, 1.54) is 18.4 Å². The van der Waals surface area contributed by atoms with Gasteiger partial charge in [0.15, 0.2) is 0 Å². The fourth-order valence-corrected chi connectivity index (χ4v) is 3.94. The molecule has 2 amide bonds. The fourth-order valence-electron chi connectivity index (χ4n) is 3.04. The van der Waals surface area contributed by atoms with Crippen molar-refractivity contribution in [2.45, 2.75) is 12.8 Å². The van der Waals surface area contributed by atoms with Gasteiger partial charge in [-0.05, 0) is 48.6 Å². The lowest BCUT2D eigenvalue weighted by molar-refractivity contribution is -0.121. The number of carbonyl (C=O) groups is 3. The summed E-state index contributed by atoms with van der Waals surface area (Å²) < 4.78 is 4.73. The molecule has 1 unspecified atom stereocenters. The fraction of sp³-hybridized carbons (Fsp3) is 0.316. The summed E-state index contributed by atoms with van der Waals surface area (Å²) in [5, 5.41) is 5.09. The Kier molecular flexibility index (Phi) is 6.13. The van der Waals surface area contributed by atoms with Gasteiger partial charge in [0.25, 0.3) is 5.91 Å². The molecule has 0 saturated carbocycles. The quantitative estimate of drug-likeness (QED) is 0.786. The topological polar surface area (TPSA) is 75.7 Å². The Labute approximate surface area is 166 Å². The molecule has 0 aliphatic carbocycles. The number of nitrogens with zero attached hydrogens (tertiary/aromatic N) is 1. The number of likely N-dealkylation sites (tertiary alicyclic amines) is 1. The van der Waals surface area contributed by atoms with Gasteiger partial charge in [-0.2, -0.15) is 0 Å². The molecule has 1 aliphatic rings. The van der Waals surface area contributed by atoms with Crippen molar-refractivity contribution in [2.75, 3.05) is 25.5 Å². The summed E-state index contributed by atoms with van der Waals surface area (Å²) in [6.45, 7) is 0.947. The van der Waals surface area contributed by atoms with E-state index in [1.54, 1.807) is 40.6 Å². The van der Waals surface area contributed by atoms with Gasteiger partial charge in [0.2, 0.25) is 5.91 Å². The number of rotatable bonds is 4. The molecule has 1 aromatic heterocycles. The van der Waals surface area contributed by atoms with Crippen molar-refractivity contribution in [3.63, 3.8) is 0 Å². The molecule has 27 heavy (non-hydrogen) atoms. The van der Waals surface area contributed by atoms with Gasteiger partial charge in [0.1, 0.15) is 4.88 Å². The highest BCUT2D eigenvalue weighted by atomic mass is 35.5. The first-order chi connectivity index (χ1) is 13.0. The van der Waals surface area contributed by atoms with Crippen LogP contribution < -0.4 is 5.32 Å². The maximum atomic E-state index is 12.7. The van der Waals surface area contributed by atoms with Gasteiger partial charge in [-0.1, -0.05) is 11.6 Å². The molecule has 0 radical (unpaired) electrons. The zero-order valence-electron chi connectivity index (χ0n) is 14.7. The lowest BCUT2D eigenvalue weighted by Crippen LogP contribution is -2.43. The lowest BCUT2D eigenvalue weighted by Gasteiger charge is -2.32. The maximum absolute atomic E-state index is 12.7. The maximum Gasteiger partial charge on any atom is 0.350 e. The van der Waals surface area contributed by atoms with E-state index < -0.39 is 5.97 Å². The van der Waals surface area contributed by atoms with E-state index in [9.17, 15) is 14.4 Å². The molecule has 1 saturated heterocycles. The third kappa shape index (κ3) is 4.48. The minimum absolute atomic E-state index is 0.116. The normalized spacial score (nSPS) is 16.7. The second-order valence-electron chi connectivity index (χ2n) is 6.24. The van der Waals surface area contributed by atoms with Crippen LogP contribution in [-0.2, 0) is 9.53 Å². The smallest absolute Gasteiger partial charge is 0.350 e. The monoisotopic (exact) mass is 406 g/mol. The van der Waals surface area contributed by atoms with Gasteiger partial charge in [0.05, 0.1) is 18.7 Å². The summed E-state index contributed by atoms with van der Waals surface area (Å²) in [5.41, 5.74) is 0.990. The van der Waals surface area contributed by atoms with Gasteiger partial charge in [0, 0.05) is 23.7 Å². The molecular weight excluding hydrogens is 388 g/mol. The van der Waals surface area contributed by atoms with E-state index in [4.69, 9.17) is 16.3 Å². The number of hydrogen-bond acceptors (Lipinski definition) is 5. The number of thiophene rings is 1. The number of benzene rings is 1. The number of piperidine rings is 1. The summed E-state index contributed by atoms with van der Waals surface area (Å²) in [6, 6.07) is 8.39. The molecule has 1 fully saturated rings. The summed E-state index contributed by atoms with van der Waals surface area (Å²) >= 11 is 7.08. The summed E-state index contributed by atoms with van der Waals surface area (Å²) in [6.07, 6.45) is 1.43. The van der Waals surface area contributed by atoms with Crippen LogP contribution in [0.15, 0.2) is 35.7 Å². The first-order valence-corrected chi connectivity index (χ1v) is 9.77. The highest BCUT2D eigenvalue weighted by molar-refractivity contribution is 7.12. The van der Waals surface area contributed by atoms with Gasteiger partial charge in [-0.15, -0.1) is 11.3 Å². The molecule has 1 aromatic carbocycles. The van der Waals surface area contributed by atoms with Crippen LogP contribution in [0.3, 0.4) is 0 Å². The van der Waals surface area contributed by atoms with Crippen LogP contribution in [0.1, 0.15) is 32.9 Å². The number of esters is 1. The van der Waals surface area contributed by atoms with Crippen molar-refractivity contribution >= 4 is 46.4 Å². The lowest BCUT2D eigenvalue weighted by atomic mass is 9.96. The molecular formula is C19H19ClN2O4S. The van der Waals surface area contributed by atoms with Crippen molar-refractivity contribution in [3.8, 4) is 0 Å². The minimum Gasteiger partial charge on any atom is -0.465 e. The van der Waals surface area contributed by atoms with Gasteiger partial charge in [-0.25, -0.2) is 4.79 Å². The molecule has 6 nitrogen and oxygen atoms in total. The summed E-state index contributed by atoms with van der Waals surface area (Å²) in [5.74, 6) is -1.13. The van der Waals surface area contributed by atoms with Crippen LogP contribution >= 0.6 is 22.9 Å². The van der Waals surface area contributed by atoms with E-state index in [2.05, 4.69) is 5.32 Å². The minimum atomic E-state index is -0.483. The van der Waals surface area contributed by atoms with Crippen molar-refractivity contribution in [1.82, 2.24) is 4.90 Å². The zero-order valence-corrected chi connectivity index (χ0v) is 16.3. The third-order valence-corrected chi connectivity index (χ3v) is 5.61. The Morgan fingerprint density at radius 3 is 2.67 bits per heavy atom. The predicted molar refractivity (Wildman–Crippen MR) is 104 cm³/mol. The Morgan fingerprint density at radius 1 is 1.22 bits per heavy atom. The summed E-state index contributed by atoms with van der Waals surface area (Å²) in [4.78, 5) is 39.1. The molecule has 2 aromatic rings. The number of halogens is 1. The highest BCUT2D eigenvalue weighted by Crippen LogP contribution is 2.26. The molecule has 3 rings (SSSR count). The molecule has 142 valence electrons. The zero-order chi connectivity index (χ0) is 19.4. The van der Waals surface area contributed by atoms with Crippen LogP contribution in [0, 0.1) is 5.92 Å². The Morgan fingerprint density at radius 2 is 1.96 bits per heavy atom. The second-order valence-corrected chi connectivity index (χ2v) is 7.59. The molecule has 1 atom stereocenters. The predicted octanol–water partition coefficient (Wildman–Crippen LogP) is 3.68. The van der Waals surface area contributed by atoms with Gasteiger partial charge in [-0.3, -0.25) is 9.59 Å². The van der Waals surface area contributed by atoms with Gasteiger partial charge < -0.3 is 15.0 Å². The van der Waals surface area contributed by atoms with E-state index in [-0.39, 0.29) is 17.7 Å². The highest BCUT2D eigenvalue weighted by Gasteiger charge is 2.29. The molecule has 1 aliphatic heterocycles. The van der Waals surface area contributed by atoms with E-state index >= 15 is 0 Å². The Bertz CT molecular complexity index is 850. The SMILES string of the molecule is COC(=O)c1sccc1NC(=O)C1CCCN(C(=O)c2ccc(Cl)cc2)C1. The van der Waals surface area contributed by atoms with E-state index in [0.29, 0.717) is 40.7 Å². The first-order valence-electron chi connectivity index (χ1n) is 8.51. The molecule has 0 bridgehead atoms. The second kappa shape index (κ2) is 8.54. The average molecular weight is 407 g/mol. The molecule has 2 heterocycles. The van der Waals surface area contributed by atoms with Gasteiger partial charge >= 0.3 is 5.97 Å². The Balaban J connectivity index is 1.66. The largest absolute Gasteiger partial charge is 0.465 e. The number of nitrogens with one attached hydrogen (secondary N) is 1. The van der Waals surface area contributed by atoms with Crippen LogP contribution in [-0.4, -0.2) is 42.9 Å². The van der Waals surface area contributed by atoms with Crippen molar-refractivity contribution in [3.05, 3.63) is 51.2 Å². The number of ether oxygens (including phenoxy) is 1. The van der Waals surface area contributed by atoms with E-state index in [0.717, 1.165) is 6.42 Å². The van der Waals surface area contributed by atoms with Crippen LogP contribution in [0.5, 0.6) is 0 Å². The molecule has 1 N–H and O–H groups in total. The third-order valence-electron chi connectivity index (χ3n) is 4.46. The first kappa shape index (κ1) is 19.4. The molecule has 0 spiro atoms. The number of methoxy groups -OCH3 is 1. The number of anilines is 1. The standard InChI is InChI=1S/C19H19ClN2O4S/c1-26-19(25)16-15(8-10-27-16)21-17(23)13-3-2-9-22(11-13)18(24)12-4-6-14(20)7-5-12/h4-8,10,13H,2-3,9,11H2,1H3,(H,21,23). The van der Waals surface area contributed by atoms with Crippen molar-refractivity contribution in [2.24, 2.45) is 5.92 Å². The van der Waals surface area contributed by atoms with Crippen LogP contribution in [0.4, 0.5) is 5.69 Å². The number of amides is 2. The number of carbonyl (C=O) groups excluding carboxylic acids is 3. The number of hydrogen-bond donors (Lipinski definition) is 1. The van der Waals surface area contributed by atoms with Crippen molar-refractivity contribution < 1.29 is 19.1 Å². The van der Waals surface area contributed by atoms with E-state index in [1.807, 2.05) is 0 Å². The average Bonchev–Trinajstić information content (AvgIpc) is 3.15. The Hall–Kier alpha value is -2.38. The van der Waals surface area contributed by atoms with Crippen LogP contribution in [0.25, 0.3) is 0 Å². The summed E-state index contributed by atoms with van der Waals surface area (Å²) in [7, 11) is 1.30. The van der Waals surface area contributed by atoms with Crippen LogP contribution in [0.2, 0.25) is 5.02 Å². The molecule has 8 heteroatoms.